The van der Waals surface area contributed by atoms with Crippen molar-refractivity contribution < 1.29 is 4.79 Å². The molecule has 5 nitrogen and oxygen atoms in total. The molecule has 0 bridgehead atoms. The van der Waals surface area contributed by atoms with E-state index in [1.807, 2.05) is 73.1 Å². The number of nitrogens with zero attached hydrogens (tertiary/aromatic N) is 2. The van der Waals surface area contributed by atoms with Crippen LogP contribution < -0.4 is 10.6 Å². The highest BCUT2D eigenvalue weighted by Crippen LogP contribution is 2.30. The number of para-hydroxylation sites is 2. The minimum atomic E-state index is -0.287. The van der Waals surface area contributed by atoms with Gasteiger partial charge in [-0.2, -0.15) is 5.10 Å². The molecular weight excluding hydrogens is 300 g/mol. The van der Waals surface area contributed by atoms with E-state index in [1.54, 1.807) is 0 Å². The van der Waals surface area contributed by atoms with Crippen molar-refractivity contribution in [1.82, 2.24) is 15.1 Å². The van der Waals surface area contributed by atoms with Crippen molar-refractivity contribution in [2.24, 2.45) is 0 Å². The second kappa shape index (κ2) is 5.53. The van der Waals surface area contributed by atoms with Gasteiger partial charge in [0.25, 0.3) is 5.91 Å². The molecule has 1 aliphatic heterocycles. The molecule has 3 aromatic rings. The Balaban J connectivity index is 1.76. The van der Waals surface area contributed by atoms with Crippen LogP contribution in [0.4, 0.5) is 5.69 Å². The highest BCUT2D eigenvalue weighted by molar-refractivity contribution is 6.01. The molecule has 2 heterocycles. The first-order chi connectivity index (χ1) is 11.6. The van der Waals surface area contributed by atoms with Gasteiger partial charge >= 0.3 is 0 Å². The maximum atomic E-state index is 12.4. The van der Waals surface area contributed by atoms with Gasteiger partial charge < -0.3 is 10.6 Å². The Morgan fingerprint density at radius 1 is 0.958 bits per heavy atom. The second-order valence-electron chi connectivity index (χ2n) is 5.93. The Morgan fingerprint density at radius 3 is 2.46 bits per heavy atom. The van der Waals surface area contributed by atoms with Gasteiger partial charge in [0.05, 0.1) is 16.9 Å². The van der Waals surface area contributed by atoms with E-state index in [4.69, 9.17) is 0 Å². The fourth-order valence-electron chi connectivity index (χ4n) is 3.24. The molecule has 0 aliphatic carbocycles. The summed E-state index contributed by atoms with van der Waals surface area (Å²) in [5.74, 6) is -0.0689. The summed E-state index contributed by atoms with van der Waals surface area (Å²) in [5.41, 5.74) is 5.43. The number of aryl methyl sites for hydroxylation is 1. The number of hydrogen-bond acceptors (Lipinski definition) is 3. The monoisotopic (exact) mass is 318 g/mol. The first-order valence-corrected chi connectivity index (χ1v) is 7.93. The molecule has 1 atom stereocenters. The van der Waals surface area contributed by atoms with E-state index in [1.165, 1.54) is 0 Å². The lowest BCUT2D eigenvalue weighted by molar-refractivity contribution is 0.0935. The number of hydrogen-bond donors (Lipinski definition) is 2. The Hall–Kier alpha value is -3.08. The van der Waals surface area contributed by atoms with Crippen molar-refractivity contribution in [1.29, 1.82) is 0 Å². The average molecular weight is 318 g/mol. The van der Waals surface area contributed by atoms with Crippen molar-refractivity contribution in [3.05, 3.63) is 77.1 Å². The van der Waals surface area contributed by atoms with Crippen LogP contribution in [-0.4, -0.2) is 15.7 Å². The van der Waals surface area contributed by atoms with Crippen molar-refractivity contribution >= 4 is 11.6 Å². The Labute approximate surface area is 140 Å². The predicted octanol–water partition coefficient (Wildman–Crippen LogP) is 3.34. The summed E-state index contributed by atoms with van der Waals surface area (Å²) < 4.78 is 1.92. The Morgan fingerprint density at radius 2 is 1.67 bits per heavy atom. The molecule has 0 fully saturated rings. The van der Waals surface area contributed by atoms with Crippen molar-refractivity contribution in [3.63, 3.8) is 0 Å². The van der Waals surface area contributed by atoms with Gasteiger partial charge in [-0.3, -0.25) is 4.79 Å². The zero-order chi connectivity index (χ0) is 16.7. The Kier molecular flexibility index (Phi) is 3.34. The minimum Gasteiger partial charge on any atom is -0.361 e. The molecule has 2 aromatic carbocycles. The van der Waals surface area contributed by atoms with Crippen LogP contribution in [0.3, 0.4) is 0 Å². The van der Waals surface area contributed by atoms with Crippen LogP contribution in [-0.2, 0) is 0 Å². The molecule has 1 amide bonds. The number of fused-ring (bicyclic) bond motifs is 1. The van der Waals surface area contributed by atoms with E-state index in [2.05, 4.69) is 15.7 Å². The average Bonchev–Trinajstić information content (AvgIpc) is 2.90. The quantitative estimate of drug-likeness (QED) is 0.762. The number of nitrogens with one attached hydrogen (secondary N) is 2. The normalized spacial score (nSPS) is 16.2. The van der Waals surface area contributed by atoms with Crippen LogP contribution in [0.5, 0.6) is 0 Å². The number of anilines is 1. The third-order valence-corrected chi connectivity index (χ3v) is 4.38. The largest absolute Gasteiger partial charge is 0.361 e. The summed E-state index contributed by atoms with van der Waals surface area (Å²) in [5, 5.41) is 11.1. The standard InChI is InChI=1S/C19H18N4O/c1-12-17(13(2)23(22-12)14-8-4-3-5-9-14)18-20-16-11-7-6-10-15(16)19(24)21-18/h3-11,18,20H,1-2H3,(H,21,24). The van der Waals surface area contributed by atoms with E-state index in [-0.39, 0.29) is 12.1 Å². The zero-order valence-corrected chi connectivity index (χ0v) is 13.6. The highest BCUT2D eigenvalue weighted by Gasteiger charge is 2.28. The first kappa shape index (κ1) is 14.5. The summed E-state index contributed by atoms with van der Waals surface area (Å²) in [6.45, 7) is 3.99. The predicted molar refractivity (Wildman–Crippen MR) is 93.3 cm³/mol. The van der Waals surface area contributed by atoms with Crippen LogP contribution in [0, 0.1) is 13.8 Å². The minimum absolute atomic E-state index is 0.0689. The molecule has 120 valence electrons. The molecule has 1 aliphatic rings. The summed E-state index contributed by atoms with van der Waals surface area (Å²) in [6, 6.07) is 17.5. The van der Waals surface area contributed by atoms with Gasteiger partial charge in [-0.15, -0.1) is 0 Å². The maximum absolute atomic E-state index is 12.4. The van der Waals surface area contributed by atoms with E-state index in [9.17, 15) is 4.79 Å². The molecule has 1 unspecified atom stereocenters. The van der Waals surface area contributed by atoms with E-state index in [0.717, 1.165) is 28.3 Å². The fourth-order valence-corrected chi connectivity index (χ4v) is 3.24. The molecule has 4 rings (SSSR count). The fraction of sp³-hybridized carbons (Fsp3) is 0.158. The lowest BCUT2D eigenvalue weighted by atomic mass is 10.0. The molecule has 24 heavy (non-hydrogen) atoms. The Bertz CT molecular complexity index is 914. The highest BCUT2D eigenvalue weighted by atomic mass is 16.2. The molecule has 0 saturated heterocycles. The van der Waals surface area contributed by atoms with Gasteiger partial charge in [0.2, 0.25) is 0 Å². The third-order valence-electron chi connectivity index (χ3n) is 4.38. The van der Waals surface area contributed by atoms with Crippen LogP contribution in [0.15, 0.2) is 54.6 Å². The topological polar surface area (TPSA) is 59.0 Å². The number of amides is 1. The van der Waals surface area contributed by atoms with Crippen LogP contribution in [0.25, 0.3) is 5.69 Å². The molecular formula is C19H18N4O. The van der Waals surface area contributed by atoms with E-state index in [0.29, 0.717) is 5.56 Å². The SMILES string of the molecule is Cc1nn(-c2ccccc2)c(C)c1C1NC(=O)c2ccccc2N1. The van der Waals surface area contributed by atoms with E-state index < -0.39 is 0 Å². The molecule has 1 aromatic heterocycles. The van der Waals surface area contributed by atoms with Gasteiger partial charge in [-0.05, 0) is 38.1 Å². The van der Waals surface area contributed by atoms with Gasteiger partial charge in [-0.1, -0.05) is 30.3 Å². The van der Waals surface area contributed by atoms with Crippen LogP contribution in [0.2, 0.25) is 0 Å². The molecule has 0 spiro atoms. The number of carbonyl (C=O) groups excluding carboxylic acids is 1. The van der Waals surface area contributed by atoms with Crippen LogP contribution >= 0.6 is 0 Å². The van der Waals surface area contributed by atoms with Crippen molar-refractivity contribution in [3.8, 4) is 5.69 Å². The molecule has 0 saturated carbocycles. The smallest absolute Gasteiger partial charge is 0.255 e. The summed E-state index contributed by atoms with van der Waals surface area (Å²) in [4.78, 5) is 12.4. The number of rotatable bonds is 2. The lowest BCUT2D eigenvalue weighted by Crippen LogP contribution is -2.38. The maximum Gasteiger partial charge on any atom is 0.255 e. The number of aromatic nitrogens is 2. The second-order valence-corrected chi connectivity index (χ2v) is 5.93. The van der Waals surface area contributed by atoms with Crippen LogP contribution in [0.1, 0.15) is 33.5 Å². The van der Waals surface area contributed by atoms with Gasteiger partial charge in [0, 0.05) is 16.9 Å². The number of benzene rings is 2. The molecule has 0 radical (unpaired) electrons. The first-order valence-electron chi connectivity index (χ1n) is 7.93. The zero-order valence-electron chi connectivity index (χ0n) is 13.6. The van der Waals surface area contributed by atoms with E-state index >= 15 is 0 Å². The summed E-state index contributed by atoms with van der Waals surface area (Å²) in [6.07, 6.45) is -0.287. The van der Waals surface area contributed by atoms with Crippen molar-refractivity contribution in [2.75, 3.05) is 5.32 Å². The summed E-state index contributed by atoms with van der Waals surface area (Å²) >= 11 is 0. The van der Waals surface area contributed by atoms with Crippen molar-refractivity contribution in [2.45, 2.75) is 20.0 Å². The molecule has 5 heteroatoms. The number of carbonyl (C=O) groups is 1. The van der Waals surface area contributed by atoms with Gasteiger partial charge in [0.1, 0.15) is 6.17 Å². The lowest BCUT2D eigenvalue weighted by Gasteiger charge is -2.28. The van der Waals surface area contributed by atoms with Gasteiger partial charge in [0.15, 0.2) is 0 Å². The molecule has 2 N–H and O–H groups in total. The summed E-state index contributed by atoms with van der Waals surface area (Å²) in [7, 11) is 0. The third kappa shape index (κ3) is 2.25. The van der Waals surface area contributed by atoms with Gasteiger partial charge in [-0.25, -0.2) is 4.68 Å².